The molecule has 0 unspecified atom stereocenters. The van der Waals surface area contributed by atoms with Crippen LogP contribution in [0.25, 0.3) is 10.9 Å². The van der Waals surface area contributed by atoms with E-state index in [0.29, 0.717) is 6.42 Å². The normalized spacial score (nSPS) is 10.9. The molecule has 0 amide bonds. The summed E-state index contributed by atoms with van der Waals surface area (Å²) in [7, 11) is 0. The monoisotopic (exact) mass is 277 g/mol. The first-order chi connectivity index (χ1) is 10.3. The molecule has 3 rings (SSSR count). The summed E-state index contributed by atoms with van der Waals surface area (Å²) in [6.07, 6.45) is 5.51. The number of carbonyl (C=O) groups is 1. The highest BCUT2D eigenvalue weighted by Gasteiger charge is 2.07. The zero-order chi connectivity index (χ0) is 14.5. The Labute approximate surface area is 125 Å². The number of unbranched alkanes of at least 4 members (excludes halogenated alkanes) is 1. The van der Waals surface area contributed by atoms with Crippen LogP contribution in [0.5, 0.6) is 0 Å². The molecule has 0 saturated heterocycles. The highest BCUT2D eigenvalue weighted by molar-refractivity contribution is 5.92. The maximum absolute atomic E-state index is 12.3. The average molecular weight is 277 g/mol. The van der Waals surface area contributed by atoms with E-state index in [2.05, 4.69) is 24.3 Å². The van der Waals surface area contributed by atoms with Crippen LogP contribution in [0.2, 0.25) is 0 Å². The standard InChI is InChI=1S/C19H19NO/c21-19(13-7-4-10-16-8-2-1-3-9-16)20-15-14-17-11-5-6-12-18(17)20/h1-3,5-6,8-9,11-12,14-15H,4,7,10,13H2. The fourth-order valence-electron chi connectivity index (χ4n) is 2.67. The first kappa shape index (κ1) is 13.6. The molecule has 0 spiro atoms. The number of fused-ring (bicyclic) bond motifs is 1. The van der Waals surface area contributed by atoms with E-state index in [1.54, 1.807) is 4.57 Å². The Hall–Kier alpha value is -2.35. The van der Waals surface area contributed by atoms with Crippen LogP contribution in [0.1, 0.15) is 29.6 Å². The van der Waals surface area contributed by atoms with Crippen LogP contribution < -0.4 is 0 Å². The lowest BCUT2D eigenvalue weighted by Crippen LogP contribution is -2.08. The van der Waals surface area contributed by atoms with Gasteiger partial charge < -0.3 is 0 Å². The van der Waals surface area contributed by atoms with Gasteiger partial charge in [0.2, 0.25) is 5.91 Å². The lowest BCUT2D eigenvalue weighted by atomic mass is 10.1. The Bertz CT molecular complexity index is 727. The van der Waals surface area contributed by atoms with Crippen molar-refractivity contribution in [3.8, 4) is 0 Å². The fourth-order valence-corrected chi connectivity index (χ4v) is 2.67. The molecule has 0 saturated carbocycles. The number of carbonyl (C=O) groups excluding carboxylic acids is 1. The number of hydrogen-bond acceptors (Lipinski definition) is 1. The molecule has 0 aliphatic rings. The molecule has 3 aromatic rings. The Balaban J connectivity index is 1.55. The molecule has 0 bridgehead atoms. The second kappa shape index (κ2) is 6.40. The van der Waals surface area contributed by atoms with Crippen molar-refractivity contribution in [3.63, 3.8) is 0 Å². The van der Waals surface area contributed by atoms with Gasteiger partial charge in [-0.2, -0.15) is 0 Å². The molecule has 0 atom stereocenters. The van der Waals surface area contributed by atoms with Crippen LogP contribution in [0.15, 0.2) is 66.9 Å². The molecule has 2 aromatic carbocycles. The highest BCUT2D eigenvalue weighted by Crippen LogP contribution is 2.16. The van der Waals surface area contributed by atoms with Gasteiger partial charge in [0.1, 0.15) is 0 Å². The van der Waals surface area contributed by atoms with Crippen LogP contribution in [0.3, 0.4) is 0 Å². The molecular weight excluding hydrogens is 258 g/mol. The van der Waals surface area contributed by atoms with Crippen LogP contribution in [-0.4, -0.2) is 10.5 Å². The van der Waals surface area contributed by atoms with Crippen LogP contribution in [0.4, 0.5) is 0 Å². The zero-order valence-corrected chi connectivity index (χ0v) is 12.0. The SMILES string of the molecule is O=C(CCCCc1ccccc1)n1ccc2ccccc21. The minimum absolute atomic E-state index is 0.185. The van der Waals surface area contributed by atoms with E-state index in [4.69, 9.17) is 0 Å². The van der Waals surface area contributed by atoms with Gasteiger partial charge in [0, 0.05) is 18.0 Å². The third-order valence-electron chi connectivity index (χ3n) is 3.82. The lowest BCUT2D eigenvalue weighted by molar-refractivity contribution is 0.0904. The summed E-state index contributed by atoms with van der Waals surface area (Å²) in [5.74, 6) is 0.185. The molecule has 2 nitrogen and oxygen atoms in total. The second-order valence-corrected chi connectivity index (χ2v) is 5.33. The van der Waals surface area contributed by atoms with Crippen molar-refractivity contribution >= 4 is 16.8 Å². The number of benzene rings is 2. The topological polar surface area (TPSA) is 22.0 Å². The molecule has 0 aliphatic carbocycles. The summed E-state index contributed by atoms with van der Waals surface area (Å²) in [6, 6.07) is 20.4. The maximum Gasteiger partial charge on any atom is 0.231 e. The van der Waals surface area contributed by atoms with E-state index >= 15 is 0 Å². The minimum Gasteiger partial charge on any atom is -0.287 e. The van der Waals surface area contributed by atoms with Gasteiger partial charge in [-0.3, -0.25) is 9.36 Å². The van der Waals surface area contributed by atoms with Gasteiger partial charge in [-0.05, 0) is 37.0 Å². The van der Waals surface area contributed by atoms with E-state index in [0.717, 1.165) is 30.2 Å². The van der Waals surface area contributed by atoms with Gasteiger partial charge in [-0.15, -0.1) is 0 Å². The number of rotatable bonds is 5. The fraction of sp³-hybridized carbons (Fsp3) is 0.211. The number of aryl methyl sites for hydroxylation is 1. The quantitative estimate of drug-likeness (QED) is 0.620. The van der Waals surface area contributed by atoms with E-state index < -0.39 is 0 Å². The molecule has 0 aliphatic heterocycles. The Kier molecular flexibility index (Phi) is 4.15. The summed E-state index contributed by atoms with van der Waals surface area (Å²) in [6.45, 7) is 0. The smallest absolute Gasteiger partial charge is 0.231 e. The summed E-state index contributed by atoms with van der Waals surface area (Å²) in [5, 5.41) is 1.12. The van der Waals surface area contributed by atoms with Crippen molar-refractivity contribution in [1.82, 2.24) is 4.57 Å². The molecule has 2 heteroatoms. The number of nitrogens with zero attached hydrogens (tertiary/aromatic N) is 1. The molecule has 0 radical (unpaired) electrons. The minimum atomic E-state index is 0.185. The molecule has 0 fully saturated rings. The summed E-state index contributed by atoms with van der Waals surface area (Å²) < 4.78 is 1.78. The molecule has 1 heterocycles. The molecule has 0 N–H and O–H groups in total. The Morgan fingerprint density at radius 3 is 2.48 bits per heavy atom. The van der Waals surface area contributed by atoms with Gasteiger partial charge in [-0.25, -0.2) is 0 Å². The van der Waals surface area contributed by atoms with E-state index in [1.165, 1.54) is 5.56 Å². The summed E-state index contributed by atoms with van der Waals surface area (Å²) in [5.41, 5.74) is 2.35. The zero-order valence-electron chi connectivity index (χ0n) is 12.0. The first-order valence-electron chi connectivity index (χ1n) is 7.48. The third-order valence-corrected chi connectivity index (χ3v) is 3.82. The van der Waals surface area contributed by atoms with Crippen LogP contribution in [0, 0.1) is 0 Å². The van der Waals surface area contributed by atoms with Crippen LogP contribution in [-0.2, 0) is 6.42 Å². The van der Waals surface area contributed by atoms with Gasteiger partial charge in [0.25, 0.3) is 0 Å². The van der Waals surface area contributed by atoms with E-state index in [-0.39, 0.29) is 5.91 Å². The van der Waals surface area contributed by atoms with Crippen molar-refractivity contribution in [1.29, 1.82) is 0 Å². The Morgan fingerprint density at radius 2 is 1.62 bits per heavy atom. The first-order valence-corrected chi connectivity index (χ1v) is 7.48. The Morgan fingerprint density at radius 1 is 0.857 bits per heavy atom. The maximum atomic E-state index is 12.3. The summed E-state index contributed by atoms with van der Waals surface area (Å²) in [4.78, 5) is 12.3. The largest absolute Gasteiger partial charge is 0.287 e. The lowest BCUT2D eigenvalue weighted by Gasteiger charge is -2.04. The van der Waals surface area contributed by atoms with Gasteiger partial charge in [0.05, 0.1) is 5.52 Å². The summed E-state index contributed by atoms with van der Waals surface area (Å²) >= 11 is 0. The van der Waals surface area contributed by atoms with Gasteiger partial charge in [-0.1, -0.05) is 48.5 Å². The molecule has 106 valence electrons. The predicted molar refractivity (Wildman–Crippen MR) is 86.6 cm³/mol. The van der Waals surface area contributed by atoms with Crippen molar-refractivity contribution in [2.45, 2.75) is 25.7 Å². The van der Waals surface area contributed by atoms with E-state index in [1.807, 2.05) is 42.6 Å². The molecule has 21 heavy (non-hydrogen) atoms. The predicted octanol–water partition coefficient (Wildman–Crippen LogP) is 4.69. The van der Waals surface area contributed by atoms with Gasteiger partial charge >= 0.3 is 0 Å². The molecular formula is C19H19NO. The van der Waals surface area contributed by atoms with Crippen molar-refractivity contribution in [2.75, 3.05) is 0 Å². The number of para-hydroxylation sites is 1. The van der Waals surface area contributed by atoms with E-state index in [9.17, 15) is 4.79 Å². The van der Waals surface area contributed by atoms with Crippen molar-refractivity contribution in [3.05, 3.63) is 72.4 Å². The van der Waals surface area contributed by atoms with Crippen molar-refractivity contribution < 1.29 is 4.79 Å². The van der Waals surface area contributed by atoms with Crippen LogP contribution >= 0.6 is 0 Å². The molecule has 1 aromatic heterocycles. The third kappa shape index (κ3) is 3.22. The number of hydrogen-bond donors (Lipinski definition) is 0. The van der Waals surface area contributed by atoms with Gasteiger partial charge in [0.15, 0.2) is 0 Å². The highest BCUT2D eigenvalue weighted by atomic mass is 16.2. The van der Waals surface area contributed by atoms with Crippen molar-refractivity contribution in [2.24, 2.45) is 0 Å². The number of aromatic nitrogens is 1. The second-order valence-electron chi connectivity index (χ2n) is 5.33. The average Bonchev–Trinajstić information content (AvgIpc) is 2.96.